The third kappa shape index (κ3) is 2.23. The number of hydrogen-bond acceptors (Lipinski definition) is 3. The van der Waals surface area contributed by atoms with E-state index in [0.29, 0.717) is 12.8 Å². The number of carboxylic acid groups (broad SMARTS) is 1. The van der Waals surface area contributed by atoms with Crippen molar-refractivity contribution in [1.29, 1.82) is 0 Å². The molecule has 1 aliphatic rings. The van der Waals surface area contributed by atoms with Gasteiger partial charge < -0.3 is 5.11 Å². The summed E-state index contributed by atoms with van der Waals surface area (Å²) in [4.78, 5) is 11.0. The van der Waals surface area contributed by atoms with Crippen LogP contribution in [0.25, 0.3) is 0 Å². The predicted molar refractivity (Wildman–Crippen MR) is 66.0 cm³/mol. The highest BCUT2D eigenvalue weighted by Gasteiger charge is 2.40. The molecule has 0 unspecified atom stereocenters. The first-order valence-electron chi connectivity index (χ1n) is 5.44. The van der Waals surface area contributed by atoms with Crippen molar-refractivity contribution in [1.82, 2.24) is 4.31 Å². The fourth-order valence-electron chi connectivity index (χ4n) is 2.05. The molecule has 1 saturated heterocycles. The molecular weight excluding hydrogens is 278 g/mol. The van der Waals surface area contributed by atoms with E-state index in [1.807, 2.05) is 0 Å². The van der Waals surface area contributed by atoms with Crippen molar-refractivity contribution < 1.29 is 18.3 Å². The third-order valence-corrected chi connectivity index (χ3v) is 5.32. The van der Waals surface area contributed by atoms with Gasteiger partial charge in [0.1, 0.15) is 10.9 Å². The number of nitrogens with zero attached hydrogens (tertiary/aromatic N) is 1. The van der Waals surface area contributed by atoms with Crippen molar-refractivity contribution in [3.63, 3.8) is 0 Å². The van der Waals surface area contributed by atoms with Crippen molar-refractivity contribution in [2.45, 2.75) is 23.8 Å². The van der Waals surface area contributed by atoms with Gasteiger partial charge in [0, 0.05) is 6.54 Å². The van der Waals surface area contributed by atoms with Gasteiger partial charge in [-0.05, 0) is 25.0 Å². The van der Waals surface area contributed by atoms with Crippen LogP contribution in [-0.2, 0) is 14.8 Å². The van der Waals surface area contributed by atoms with Gasteiger partial charge in [-0.25, -0.2) is 8.42 Å². The average molecular weight is 290 g/mol. The van der Waals surface area contributed by atoms with Crippen LogP contribution in [0.3, 0.4) is 0 Å². The van der Waals surface area contributed by atoms with E-state index in [9.17, 15) is 13.2 Å². The molecule has 0 aromatic heterocycles. The van der Waals surface area contributed by atoms with Crippen molar-refractivity contribution in [2.75, 3.05) is 6.54 Å². The Balaban J connectivity index is 2.43. The highest BCUT2D eigenvalue weighted by atomic mass is 35.5. The molecule has 18 heavy (non-hydrogen) atoms. The Hall–Kier alpha value is -1.11. The largest absolute Gasteiger partial charge is 0.480 e. The van der Waals surface area contributed by atoms with Gasteiger partial charge in [0.25, 0.3) is 0 Å². The molecule has 1 heterocycles. The van der Waals surface area contributed by atoms with E-state index in [1.54, 1.807) is 12.1 Å². The Labute approximate surface area is 110 Å². The van der Waals surface area contributed by atoms with Gasteiger partial charge in [0.05, 0.1) is 5.02 Å². The quantitative estimate of drug-likeness (QED) is 0.917. The molecule has 0 radical (unpaired) electrons. The first-order chi connectivity index (χ1) is 8.44. The first kappa shape index (κ1) is 13.3. The van der Waals surface area contributed by atoms with Gasteiger partial charge in [-0.3, -0.25) is 4.79 Å². The molecule has 1 aromatic carbocycles. The van der Waals surface area contributed by atoms with Crippen molar-refractivity contribution >= 4 is 27.6 Å². The molecule has 0 saturated carbocycles. The van der Waals surface area contributed by atoms with Gasteiger partial charge in [0.2, 0.25) is 10.0 Å². The molecule has 5 nitrogen and oxygen atoms in total. The number of hydrogen-bond donors (Lipinski definition) is 1. The number of carbonyl (C=O) groups is 1. The fourth-order valence-corrected chi connectivity index (χ4v) is 4.20. The summed E-state index contributed by atoms with van der Waals surface area (Å²) in [5, 5.41) is 9.13. The molecule has 1 aromatic rings. The molecule has 0 spiro atoms. The molecule has 0 bridgehead atoms. The molecule has 0 amide bonds. The van der Waals surface area contributed by atoms with E-state index in [2.05, 4.69) is 0 Å². The lowest BCUT2D eigenvalue weighted by atomic mass is 10.2. The third-order valence-electron chi connectivity index (χ3n) is 2.91. The average Bonchev–Trinajstić information content (AvgIpc) is 2.78. The van der Waals surface area contributed by atoms with Crippen LogP contribution in [-0.4, -0.2) is 36.4 Å². The molecule has 1 aliphatic heterocycles. The lowest BCUT2D eigenvalue weighted by molar-refractivity contribution is -0.140. The second-order valence-corrected chi connectivity index (χ2v) is 6.31. The zero-order chi connectivity index (χ0) is 13.3. The smallest absolute Gasteiger partial charge is 0.322 e. The van der Waals surface area contributed by atoms with E-state index in [4.69, 9.17) is 16.7 Å². The summed E-state index contributed by atoms with van der Waals surface area (Å²) in [7, 11) is -3.84. The molecule has 7 heteroatoms. The van der Waals surface area contributed by atoms with E-state index < -0.39 is 22.0 Å². The second-order valence-electron chi connectivity index (χ2n) is 4.04. The predicted octanol–water partition coefficient (Wildman–Crippen LogP) is 1.58. The Morgan fingerprint density at radius 1 is 1.39 bits per heavy atom. The fraction of sp³-hybridized carbons (Fsp3) is 0.364. The Morgan fingerprint density at radius 3 is 2.67 bits per heavy atom. The molecule has 1 N–H and O–H groups in total. The van der Waals surface area contributed by atoms with Crippen molar-refractivity contribution in [2.24, 2.45) is 0 Å². The first-order valence-corrected chi connectivity index (χ1v) is 7.25. The summed E-state index contributed by atoms with van der Waals surface area (Å²) in [6.45, 7) is 0.213. The summed E-state index contributed by atoms with van der Waals surface area (Å²) >= 11 is 5.86. The molecule has 2 rings (SSSR count). The molecule has 98 valence electrons. The van der Waals surface area contributed by atoms with Crippen LogP contribution in [0.2, 0.25) is 5.02 Å². The van der Waals surface area contributed by atoms with Gasteiger partial charge in [-0.2, -0.15) is 4.31 Å². The summed E-state index contributed by atoms with van der Waals surface area (Å²) < 4.78 is 25.7. The number of carboxylic acids is 1. The van der Waals surface area contributed by atoms with Crippen LogP contribution in [0.4, 0.5) is 0 Å². The monoisotopic (exact) mass is 289 g/mol. The Morgan fingerprint density at radius 2 is 2.06 bits per heavy atom. The maximum absolute atomic E-state index is 12.3. The standard InChI is InChI=1S/C11H12ClNO4S/c12-8-4-1-2-6-10(8)18(16,17)13-7-3-5-9(13)11(14)15/h1-2,4,6,9H,3,5,7H2,(H,14,15)/t9-/m0/s1. The van der Waals surface area contributed by atoms with E-state index >= 15 is 0 Å². The topological polar surface area (TPSA) is 74.7 Å². The molecular formula is C11H12ClNO4S. The van der Waals surface area contributed by atoms with Crippen molar-refractivity contribution in [3.8, 4) is 0 Å². The minimum atomic E-state index is -3.84. The van der Waals surface area contributed by atoms with Crippen LogP contribution in [0, 0.1) is 0 Å². The van der Waals surface area contributed by atoms with E-state index in [0.717, 1.165) is 4.31 Å². The van der Waals surface area contributed by atoms with Gasteiger partial charge in [-0.15, -0.1) is 0 Å². The minimum Gasteiger partial charge on any atom is -0.480 e. The van der Waals surface area contributed by atoms with Gasteiger partial charge in [0.15, 0.2) is 0 Å². The molecule has 0 aliphatic carbocycles. The number of sulfonamides is 1. The second kappa shape index (κ2) is 4.87. The normalized spacial score (nSPS) is 21.1. The van der Waals surface area contributed by atoms with Crippen LogP contribution in [0.5, 0.6) is 0 Å². The van der Waals surface area contributed by atoms with Gasteiger partial charge >= 0.3 is 5.97 Å². The van der Waals surface area contributed by atoms with Crippen LogP contribution in [0.15, 0.2) is 29.2 Å². The zero-order valence-electron chi connectivity index (χ0n) is 9.41. The van der Waals surface area contributed by atoms with Crippen LogP contribution in [0.1, 0.15) is 12.8 Å². The molecule has 1 atom stereocenters. The molecule has 1 fully saturated rings. The highest BCUT2D eigenvalue weighted by Crippen LogP contribution is 2.29. The maximum Gasteiger partial charge on any atom is 0.322 e. The SMILES string of the molecule is O=C(O)[C@@H]1CCCN1S(=O)(=O)c1ccccc1Cl. The maximum atomic E-state index is 12.3. The lowest BCUT2D eigenvalue weighted by Gasteiger charge is -2.21. The van der Waals surface area contributed by atoms with Gasteiger partial charge in [-0.1, -0.05) is 23.7 Å². The zero-order valence-corrected chi connectivity index (χ0v) is 11.0. The summed E-state index contributed by atoms with van der Waals surface area (Å²) in [6, 6.07) is 5.05. The van der Waals surface area contributed by atoms with Crippen molar-refractivity contribution in [3.05, 3.63) is 29.3 Å². The van der Waals surface area contributed by atoms with E-state index in [1.165, 1.54) is 12.1 Å². The Bertz CT molecular complexity index is 572. The number of halogens is 1. The summed E-state index contributed by atoms with van der Waals surface area (Å²) in [5.41, 5.74) is 0. The Kier molecular flexibility index (Phi) is 3.61. The lowest BCUT2D eigenvalue weighted by Crippen LogP contribution is -2.40. The number of aliphatic carboxylic acids is 1. The number of benzene rings is 1. The minimum absolute atomic E-state index is 0.0418. The van der Waals surface area contributed by atoms with E-state index in [-0.39, 0.29) is 16.5 Å². The highest BCUT2D eigenvalue weighted by molar-refractivity contribution is 7.89. The van der Waals surface area contributed by atoms with Crippen LogP contribution >= 0.6 is 11.6 Å². The van der Waals surface area contributed by atoms with Crippen LogP contribution < -0.4 is 0 Å². The number of rotatable bonds is 3. The summed E-state index contributed by atoms with van der Waals surface area (Å²) in [6.07, 6.45) is 0.875. The summed E-state index contributed by atoms with van der Waals surface area (Å²) in [5.74, 6) is -1.12.